The number of nitrogens with two attached hydrogens (primary N) is 1. The minimum Gasteiger partial charge on any atom is -0.461 e. The molecule has 0 aromatic carbocycles. The molecule has 0 aliphatic heterocycles. The van der Waals surface area contributed by atoms with Crippen LogP contribution in [0.4, 0.5) is 11.9 Å². The maximum absolute atomic E-state index is 5.62. The highest BCUT2D eigenvalue weighted by molar-refractivity contribution is 5.32. The van der Waals surface area contributed by atoms with E-state index in [9.17, 15) is 0 Å². The number of hydrogen-bond donors (Lipinski definition) is 2. The lowest BCUT2D eigenvalue weighted by atomic mass is 9.98. The third-order valence-corrected chi connectivity index (χ3v) is 2.69. The molecular formula is C12H23N5O. The Morgan fingerprint density at radius 3 is 2.33 bits per heavy atom. The molecular weight excluding hydrogens is 230 g/mol. The predicted molar refractivity (Wildman–Crippen MR) is 72.5 cm³/mol. The summed E-state index contributed by atoms with van der Waals surface area (Å²) >= 11 is 0. The van der Waals surface area contributed by atoms with E-state index in [0.717, 1.165) is 6.54 Å². The molecule has 18 heavy (non-hydrogen) atoms. The van der Waals surface area contributed by atoms with E-state index < -0.39 is 0 Å². The number of nitrogen functional groups attached to an aromatic ring is 1. The van der Waals surface area contributed by atoms with Crippen LogP contribution < -0.4 is 15.8 Å². The van der Waals surface area contributed by atoms with Gasteiger partial charge in [-0.25, -0.2) is 0 Å². The number of aromatic nitrogens is 3. The molecule has 0 saturated heterocycles. The Bertz CT molecular complexity index is 381. The highest BCUT2D eigenvalue weighted by atomic mass is 16.5. The van der Waals surface area contributed by atoms with Gasteiger partial charge in [0, 0.05) is 6.54 Å². The molecule has 0 amide bonds. The van der Waals surface area contributed by atoms with Crippen molar-refractivity contribution in [2.24, 2.45) is 11.8 Å². The van der Waals surface area contributed by atoms with Gasteiger partial charge in [-0.2, -0.15) is 15.0 Å². The second kappa shape index (κ2) is 6.37. The first-order chi connectivity index (χ1) is 8.38. The number of rotatable bonds is 6. The molecule has 0 fully saturated rings. The molecule has 6 heteroatoms. The van der Waals surface area contributed by atoms with Crippen molar-refractivity contribution < 1.29 is 4.74 Å². The second-order valence-corrected chi connectivity index (χ2v) is 5.07. The number of hydrogen-bond acceptors (Lipinski definition) is 6. The Labute approximate surface area is 108 Å². The Balaban J connectivity index is 2.68. The molecule has 0 spiro atoms. The van der Waals surface area contributed by atoms with Crippen LogP contribution >= 0.6 is 0 Å². The van der Waals surface area contributed by atoms with Crippen LogP contribution in [0, 0.1) is 11.8 Å². The van der Waals surface area contributed by atoms with Crippen molar-refractivity contribution in [3.05, 3.63) is 0 Å². The Hall–Kier alpha value is -1.59. The molecule has 1 atom stereocenters. The van der Waals surface area contributed by atoms with E-state index in [1.54, 1.807) is 0 Å². The van der Waals surface area contributed by atoms with Gasteiger partial charge in [0.15, 0.2) is 0 Å². The lowest BCUT2D eigenvalue weighted by Gasteiger charge is -2.16. The van der Waals surface area contributed by atoms with Crippen LogP contribution in [0.1, 0.15) is 34.6 Å². The summed E-state index contributed by atoms with van der Waals surface area (Å²) in [5, 5.41) is 3.16. The van der Waals surface area contributed by atoms with Gasteiger partial charge in [0.05, 0.1) is 6.10 Å². The summed E-state index contributed by atoms with van der Waals surface area (Å²) in [5.74, 6) is 1.76. The van der Waals surface area contributed by atoms with Crippen molar-refractivity contribution in [3.8, 4) is 6.01 Å². The Morgan fingerprint density at radius 1 is 1.11 bits per heavy atom. The topological polar surface area (TPSA) is 86.0 Å². The zero-order chi connectivity index (χ0) is 13.7. The minimum atomic E-state index is 0.00855. The SMILES string of the molecule is CC(C)Oc1nc(N)nc(NCC(C)C(C)C)n1. The van der Waals surface area contributed by atoms with E-state index in [2.05, 4.69) is 41.0 Å². The average Bonchev–Trinajstić information content (AvgIpc) is 2.23. The Kier molecular flexibility index (Phi) is 5.12. The standard InChI is InChI=1S/C12H23N5O/c1-7(2)9(5)6-14-11-15-10(13)16-12(17-11)18-8(3)4/h7-9H,6H2,1-5H3,(H3,13,14,15,16,17). The van der Waals surface area contributed by atoms with Crippen molar-refractivity contribution in [1.29, 1.82) is 0 Å². The van der Waals surface area contributed by atoms with Crippen LogP contribution in [0.15, 0.2) is 0 Å². The number of ether oxygens (including phenoxy) is 1. The molecule has 102 valence electrons. The first-order valence-electron chi connectivity index (χ1n) is 6.30. The summed E-state index contributed by atoms with van der Waals surface area (Å²) in [6, 6.07) is 0.261. The highest BCUT2D eigenvalue weighted by Crippen LogP contribution is 2.13. The zero-order valence-corrected chi connectivity index (χ0v) is 11.8. The van der Waals surface area contributed by atoms with E-state index in [1.165, 1.54) is 0 Å². The quantitative estimate of drug-likeness (QED) is 0.805. The highest BCUT2D eigenvalue weighted by Gasteiger charge is 2.10. The van der Waals surface area contributed by atoms with Crippen molar-refractivity contribution in [2.45, 2.75) is 40.7 Å². The third kappa shape index (κ3) is 4.73. The van der Waals surface area contributed by atoms with E-state index in [0.29, 0.717) is 17.8 Å². The number of nitrogens with zero attached hydrogens (tertiary/aromatic N) is 3. The van der Waals surface area contributed by atoms with Gasteiger partial charge in [-0.15, -0.1) is 0 Å². The third-order valence-electron chi connectivity index (χ3n) is 2.69. The van der Waals surface area contributed by atoms with Crippen molar-refractivity contribution in [2.75, 3.05) is 17.6 Å². The van der Waals surface area contributed by atoms with Gasteiger partial charge in [0.25, 0.3) is 0 Å². The smallest absolute Gasteiger partial charge is 0.323 e. The normalized spacial score (nSPS) is 12.8. The maximum Gasteiger partial charge on any atom is 0.323 e. The first-order valence-corrected chi connectivity index (χ1v) is 6.30. The van der Waals surface area contributed by atoms with E-state index in [1.807, 2.05) is 13.8 Å². The van der Waals surface area contributed by atoms with Gasteiger partial charge in [-0.05, 0) is 25.7 Å². The van der Waals surface area contributed by atoms with E-state index in [-0.39, 0.29) is 18.1 Å². The molecule has 1 unspecified atom stereocenters. The summed E-state index contributed by atoms with van der Waals surface area (Å²) in [6.07, 6.45) is 0.00855. The van der Waals surface area contributed by atoms with Crippen molar-refractivity contribution in [3.63, 3.8) is 0 Å². The van der Waals surface area contributed by atoms with Gasteiger partial charge >= 0.3 is 6.01 Å². The fourth-order valence-electron chi connectivity index (χ4n) is 1.20. The summed E-state index contributed by atoms with van der Waals surface area (Å²) in [5.41, 5.74) is 5.62. The van der Waals surface area contributed by atoms with Crippen molar-refractivity contribution in [1.82, 2.24) is 15.0 Å². The molecule has 0 aliphatic carbocycles. The second-order valence-electron chi connectivity index (χ2n) is 5.07. The summed E-state index contributed by atoms with van der Waals surface area (Å²) in [7, 11) is 0. The van der Waals surface area contributed by atoms with Gasteiger partial charge in [0.1, 0.15) is 0 Å². The van der Waals surface area contributed by atoms with Crippen LogP contribution in [0.2, 0.25) is 0 Å². The van der Waals surface area contributed by atoms with Gasteiger partial charge in [0.2, 0.25) is 11.9 Å². The predicted octanol–water partition coefficient (Wildman–Crippen LogP) is 1.94. The van der Waals surface area contributed by atoms with Crippen molar-refractivity contribution >= 4 is 11.9 Å². The number of anilines is 2. The van der Waals surface area contributed by atoms with Crippen LogP contribution in [0.25, 0.3) is 0 Å². The monoisotopic (exact) mass is 253 g/mol. The molecule has 1 heterocycles. The fraction of sp³-hybridized carbons (Fsp3) is 0.750. The molecule has 0 aliphatic rings. The van der Waals surface area contributed by atoms with Crippen LogP contribution in [0.5, 0.6) is 6.01 Å². The lowest BCUT2D eigenvalue weighted by molar-refractivity contribution is 0.222. The summed E-state index contributed by atoms with van der Waals surface area (Å²) in [6.45, 7) is 11.2. The molecule has 1 aromatic rings. The number of nitrogens with one attached hydrogen (secondary N) is 1. The average molecular weight is 253 g/mol. The molecule has 1 aromatic heterocycles. The molecule has 0 bridgehead atoms. The largest absolute Gasteiger partial charge is 0.461 e. The van der Waals surface area contributed by atoms with Gasteiger partial charge in [-0.3, -0.25) is 0 Å². The molecule has 3 N–H and O–H groups in total. The maximum atomic E-state index is 5.62. The van der Waals surface area contributed by atoms with Crippen LogP contribution in [-0.4, -0.2) is 27.6 Å². The summed E-state index contributed by atoms with van der Waals surface area (Å²) < 4.78 is 5.41. The first kappa shape index (κ1) is 14.5. The molecule has 0 radical (unpaired) electrons. The van der Waals surface area contributed by atoms with E-state index in [4.69, 9.17) is 10.5 Å². The zero-order valence-electron chi connectivity index (χ0n) is 11.8. The minimum absolute atomic E-state index is 0.00855. The van der Waals surface area contributed by atoms with Gasteiger partial charge < -0.3 is 15.8 Å². The lowest BCUT2D eigenvalue weighted by Crippen LogP contribution is -2.19. The Morgan fingerprint density at radius 2 is 1.78 bits per heavy atom. The van der Waals surface area contributed by atoms with Crippen LogP contribution in [0.3, 0.4) is 0 Å². The summed E-state index contributed by atoms with van der Waals surface area (Å²) in [4.78, 5) is 12.1. The van der Waals surface area contributed by atoms with Crippen LogP contribution in [-0.2, 0) is 0 Å². The fourth-order valence-corrected chi connectivity index (χ4v) is 1.20. The molecule has 1 rings (SSSR count). The molecule has 6 nitrogen and oxygen atoms in total. The van der Waals surface area contributed by atoms with E-state index >= 15 is 0 Å². The molecule has 0 saturated carbocycles. The van der Waals surface area contributed by atoms with Gasteiger partial charge in [-0.1, -0.05) is 20.8 Å².